The third-order valence-electron chi connectivity index (χ3n) is 8.09. The van der Waals surface area contributed by atoms with E-state index in [-0.39, 0.29) is 23.0 Å². The van der Waals surface area contributed by atoms with Gasteiger partial charge in [0.05, 0.1) is 27.0 Å². The molecule has 0 aromatic heterocycles. The molecule has 0 unspecified atom stereocenters. The molecule has 224 valence electrons. The van der Waals surface area contributed by atoms with Crippen molar-refractivity contribution in [1.29, 1.82) is 0 Å². The van der Waals surface area contributed by atoms with Gasteiger partial charge in [-0.25, -0.2) is 4.39 Å². The van der Waals surface area contributed by atoms with E-state index in [1.807, 2.05) is 37.4 Å². The van der Waals surface area contributed by atoms with E-state index in [0.29, 0.717) is 48.9 Å². The van der Waals surface area contributed by atoms with Gasteiger partial charge in [-0.15, -0.1) is 0 Å². The lowest BCUT2D eigenvalue weighted by atomic mass is 9.95. The number of ether oxygens (including phenoxy) is 3. The van der Waals surface area contributed by atoms with Crippen molar-refractivity contribution in [3.8, 4) is 34.1 Å². The van der Waals surface area contributed by atoms with Gasteiger partial charge in [-0.1, -0.05) is 36.4 Å². The van der Waals surface area contributed by atoms with Crippen LogP contribution in [0.2, 0.25) is 0 Å². The quantitative estimate of drug-likeness (QED) is 0.225. The number of aryl methyl sites for hydroxylation is 1. The third-order valence-corrected chi connectivity index (χ3v) is 8.09. The van der Waals surface area contributed by atoms with Crippen molar-refractivity contribution in [3.63, 3.8) is 0 Å². The number of anilines is 1. The highest BCUT2D eigenvalue weighted by Crippen LogP contribution is 2.51. The number of hydrogen-bond donors (Lipinski definition) is 2. The Balaban J connectivity index is 1.60. The SMILES string of the molecule is COc1cc2c(c(OC)c1OC)-c1ccc(NCCc3ccc(F)cc3)c(=O)cc1[C@@H](N(C)Cc1ccccc1O)CC2. The third kappa shape index (κ3) is 6.29. The fourth-order valence-electron chi connectivity index (χ4n) is 5.91. The van der Waals surface area contributed by atoms with E-state index in [2.05, 4.69) is 10.2 Å². The Hall–Kier alpha value is -4.56. The van der Waals surface area contributed by atoms with E-state index in [1.54, 1.807) is 51.7 Å². The van der Waals surface area contributed by atoms with Crippen LogP contribution in [0.25, 0.3) is 11.1 Å². The second-order valence-corrected chi connectivity index (χ2v) is 10.7. The number of phenols is 1. The molecule has 2 N–H and O–H groups in total. The van der Waals surface area contributed by atoms with E-state index in [9.17, 15) is 14.3 Å². The first-order valence-electron chi connectivity index (χ1n) is 14.3. The van der Waals surface area contributed by atoms with Crippen molar-refractivity contribution >= 4 is 5.69 Å². The number of hydrogen-bond acceptors (Lipinski definition) is 7. The summed E-state index contributed by atoms with van der Waals surface area (Å²) >= 11 is 0. The maximum absolute atomic E-state index is 13.7. The molecule has 0 amide bonds. The standard InChI is InChI=1S/C35H37FN2O5/c1-38(21-24-7-5-6-8-30(24)39)29-16-11-23-19-32(41-2)34(42-3)35(43-4)33(23)26-14-15-28(31(40)20-27(26)29)37-18-17-22-9-12-25(36)13-10-22/h5-10,12-15,19-20,29,39H,11,16-18,21H2,1-4H3,(H,37,40)/t29-/m0/s1. The van der Waals surface area contributed by atoms with Crippen molar-refractivity contribution in [1.82, 2.24) is 4.90 Å². The van der Waals surface area contributed by atoms with Gasteiger partial charge in [-0.3, -0.25) is 9.69 Å². The number of benzene rings is 3. The molecule has 0 saturated carbocycles. The van der Waals surface area contributed by atoms with E-state index in [1.165, 1.54) is 12.1 Å². The van der Waals surface area contributed by atoms with Crippen LogP contribution in [-0.2, 0) is 19.4 Å². The topological polar surface area (TPSA) is 80.3 Å². The number of aromatic hydroxyl groups is 1. The average molecular weight is 585 g/mol. The fraction of sp³-hybridized carbons (Fsp3) is 0.286. The van der Waals surface area contributed by atoms with Gasteiger partial charge in [0.1, 0.15) is 11.6 Å². The predicted octanol–water partition coefficient (Wildman–Crippen LogP) is 6.36. The normalized spacial score (nSPS) is 14.0. The van der Waals surface area contributed by atoms with Crippen molar-refractivity contribution in [2.24, 2.45) is 0 Å². The predicted molar refractivity (Wildman–Crippen MR) is 167 cm³/mol. The summed E-state index contributed by atoms with van der Waals surface area (Å²) in [5.74, 6) is 1.57. The number of phenolic OH excluding ortho intramolecular Hbond substituents is 1. The van der Waals surface area contributed by atoms with Crippen LogP contribution in [0.5, 0.6) is 23.0 Å². The minimum absolute atomic E-state index is 0.135. The molecular weight excluding hydrogens is 547 g/mol. The second-order valence-electron chi connectivity index (χ2n) is 10.7. The summed E-state index contributed by atoms with van der Waals surface area (Å²) < 4.78 is 30.7. The molecule has 4 aromatic rings. The highest BCUT2D eigenvalue weighted by molar-refractivity contribution is 5.83. The molecule has 0 radical (unpaired) electrons. The van der Waals surface area contributed by atoms with Crippen molar-refractivity contribution in [3.05, 3.63) is 111 Å². The lowest BCUT2D eigenvalue weighted by Crippen LogP contribution is -2.25. The Kier molecular flexibility index (Phi) is 9.16. The number of nitrogens with zero attached hydrogens (tertiary/aromatic N) is 1. The number of para-hydroxylation sites is 1. The van der Waals surface area contributed by atoms with E-state index in [4.69, 9.17) is 14.2 Å². The molecule has 8 heteroatoms. The van der Waals surface area contributed by atoms with E-state index >= 15 is 0 Å². The molecule has 1 aliphatic rings. The molecule has 1 aliphatic carbocycles. The molecule has 5 rings (SSSR count). The zero-order valence-electron chi connectivity index (χ0n) is 24.9. The first-order valence-corrected chi connectivity index (χ1v) is 14.3. The van der Waals surface area contributed by atoms with Crippen LogP contribution in [-0.4, -0.2) is 44.9 Å². The molecule has 43 heavy (non-hydrogen) atoms. The average Bonchev–Trinajstić information content (AvgIpc) is 3.26. The Morgan fingerprint density at radius 3 is 2.40 bits per heavy atom. The number of halogens is 1. The van der Waals surface area contributed by atoms with E-state index < -0.39 is 0 Å². The van der Waals surface area contributed by atoms with Gasteiger partial charge in [0, 0.05) is 30.3 Å². The lowest BCUT2D eigenvalue weighted by molar-refractivity contribution is 0.223. The first kappa shape index (κ1) is 29.9. The van der Waals surface area contributed by atoms with Gasteiger partial charge < -0.3 is 24.6 Å². The van der Waals surface area contributed by atoms with Crippen LogP contribution in [0.3, 0.4) is 0 Å². The Morgan fingerprint density at radius 1 is 0.953 bits per heavy atom. The zero-order chi connectivity index (χ0) is 30.5. The number of rotatable bonds is 10. The number of nitrogens with one attached hydrogen (secondary N) is 1. The monoisotopic (exact) mass is 584 g/mol. The summed E-state index contributed by atoms with van der Waals surface area (Å²) in [4.78, 5) is 15.9. The number of fused-ring (bicyclic) bond motifs is 3. The molecule has 0 bridgehead atoms. The molecule has 0 spiro atoms. The highest BCUT2D eigenvalue weighted by atomic mass is 19.1. The molecule has 4 aromatic carbocycles. The van der Waals surface area contributed by atoms with Gasteiger partial charge in [0.25, 0.3) is 0 Å². The maximum Gasteiger partial charge on any atom is 0.203 e. The minimum atomic E-state index is -0.276. The molecule has 1 atom stereocenters. The van der Waals surface area contributed by atoms with Crippen LogP contribution in [0.4, 0.5) is 10.1 Å². The molecule has 7 nitrogen and oxygen atoms in total. The van der Waals surface area contributed by atoms with E-state index in [0.717, 1.165) is 39.8 Å². The van der Waals surface area contributed by atoms with Crippen LogP contribution in [0.15, 0.2) is 77.6 Å². The summed E-state index contributed by atoms with van der Waals surface area (Å²) in [6, 6.07) is 21.0. The van der Waals surface area contributed by atoms with Crippen LogP contribution in [0, 0.1) is 5.82 Å². The summed E-state index contributed by atoms with van der Waals surface area (Å²) in [7, 11) is 6.80. The van der Waals surface area contributed by atoms with Crippen molar-refractivity contribution < 1.29 is 23.7 Å². The second kappa shape index (κ2) is 13.2. The molecule has 0 aliphatic heterocycles. The van der Waals surface area contributed by atoms with Gasteiger partial charge in [-0.05, 0) is 85.0 Å². The summed E-state index contributed by atoms with van der Waals surface area (Å²) in [5, 5.41) is 13.8. The first-order chi connectivity index (χ1) is 20.8. The smallest absolute Gasteiger partial charge is 0.203 e. The molecule has 0 saturated heterocycles. The summed E-state index contributed by atoms with van der Waals surface area (Å²) in [5.41, 5.74) is 5.73. The van der Waals surface area contributed by atoms with Crippen LogP contribution >= 0.6 is 0 Å². The van der Waals surface area contributed by atoms with Crippen LogP contribution < -0.4 is 25.0 Å². The Morgan fingerprint density at radius 2 is 1.70 bits per heavy atom. The molecule has 0 fully saturated rings. The van der Waals surface area contributed by atoms with Gasteiger partial charge in [-0.2, -0.15) is 0 Å². The van der Waals surface area contributed by atoms with Crippen LogP contribution in [0.1, 0.15) is 34.7 Å². The summed E-state index contributed by atoms with van der Waals surface area (Å²) in [6.45, 7) is 1.00. The van der Waals surface area contributed by atoms with Gasteiger partial charge in [0.2, 0.25) is 11.2 Å². The zero-order valence-corrected chi connectivity index (χ0v) is 24.9. The van der Waals surface area contributed by atoms with Crippen molar-refractivity contribution in [2.75, 3.05) is 40.2 Å². The minimum Gasteiger partial charge on any atom is -0.508 e. The van der Waals surface area contributed by atoms with Gasteiger partial charge in [0.15, 0.2) is 11.5 Å². The maximum atomic E-state index is 13.7. The summed E-state index contributed by atoms with van der Waals surface area (Å²) in [6.07, 6.45) is 2.06. The highest BCUT2D eigenvalue weighted by Gasteiger charge is 2.31. The molecular formula is C35H37FN2O5. The fourth-order valence-corrected chi connectivity index (χ4v) is 5.91. The largest absolute Gasteiger partial charge is 0.508 e. The Bertz CT molecular complexity index is 1660. The van der Waals surface area contributed by atoms with Gasteiger partial charge >= 0.3 is 0 Å². The Labute approximate surface area is 251 Å². The lowest BCUT2D eigenvalue weighted by Gasteiger charge is -2.28. The van der Waals surface area contributed by atoms with Crippen molar-refractivity contribution in [2.45, 2.75) is 31.8 Å². The number of methoxy groups -OCH3 is 3. The molecule has 0 heterocycles.